The Hall–Kier alpha value is -1.18. The van der Waals surface area contributed by atoms with Crippen LogP contribution in [0.1, 0.15) is 41.8 Å². The molecule has 0 radical (unpaired) electrons. The molecule has 0 atom stereocenters. The zero-order valence-electron chi connectivity index (χ0n) is 9.73. The Balaban J connectivity index is 3.09. The molecule has 0 spiro atoms. The highest BCUT2D eigenvalue weighted by molar-refractivity contribution is 5.97. The van der Waals surface area contributed by atoms with E-state index in [4.69, 9.17) is 0 Å². The number of aryl methyl sites for hydroxylation is 2. The molecular weight excluding hydrogens is 191 g/mol. The molecule has 0 aliphatic carbocycles. The minimum absolute atomic E-state index is 0.0972. The van der Waals surface area contributed by atoms with Crippen LogP contribution >= 0.6 is 0 Å². The highest BCUT2D eigenvalue weighted by atomic mass is 19.1. The lowest BCUT2D eigenvalue weighted by Crippen LogP contribution is -2.08. The Kier molecular flexibility index (Phi) is 3.61. The van der Waals surface area contributed by atoms with Crippen LogP contribution in [-0.4, -0.2) is 5.78 Å². The Labute approximate surface area is 90.3 Å². The van der Waals surface area contributed by atoms with Crippen molar-refractivity contribution in [3.63, 3.8) is 0 Å². The van der Waals surface area contributed by atoms with Crippen molar-refractivity contribution in [3.05, 3.63) is 34.6 Å². The number of ketones is 1. The predicted octanol–water partition coefficient (Wildman–Crippen LogP) is 3.67. The fraction of sp³-hybridized carbons (Fsp3) is 0.462. The second-order valence-corrected chi connectivity index (χ2v) is 4.46. The first-order chi connectivity index (χ1) is 6.91. The van der Waals surface area contributed by atoms with Crippen LogP contribution in [0, 0.1) is 25.6 Å². The smallest absolute Gasteiger partial charge is 0.166 e. The van der Waals surface area contributed by atoms with Gasteiger partial charge in [-0.05, 0) is 37.0 Å². The molecule has 1 aromatic rings. The Morgan fingerprint density at radius 2 is 1.93 bits per heavy atom. The molecule has 15 heavy (non-hydrogen) atoms. The van der Waals surface area contributed by atoms with Gasteiger partial charge in [-0.15, -0.1) is 0 Å². The van der Waals surface area contributed by atoms with Gasteiger partial charge in [0.15, 0.2) is 5.78 Å². The van der Waals surface area contributed by atoms with Crippen LogP contribution in [0.2, 0.25) is 0 Å². The fourth-order valence-electron chi connectivity index (χ4n) is 1.74. The molecule has 0 amide bonds. The van der Waals surface area contributed by atoms with Crippen LogP contribution in [0.5, 0.6) is 0 Å². The lowest BCUT2D eigenvalue weighted by atomic mass is 9.96. The topological polar surface area (TPSA) is 17.1 Å². The summed E-state index contributed by atoms with van der Waals surface area (Å²) in [6.45, 7) is 7.52. The summed E-state index contributed by atoms with van der Waals surface area (Å²) in [7, 11) is 0. The minimum atomic E-state index is -0.391. The van der Waals surface area contributed by atoms with E-state index in [0.29, 0.717) is 6.42 Å². The van der Waals surface area contributed by atoms with Crippen molar-refractivity contribution in [1.29, 1.82) is 0 Å². The molecule has 1 nitrogen and oxygen atoms in total. The molecule has 0 saturated heterocycles. The van der Waals surface area contributed by atoms with Crippen LogP contribution in [0.4, 0.5) is 4.39 Å². The van der Waals surface area contributed by atoms with Crippen molar-refractivity contribution in [1.82, 2.24) is 0 Å². The van der Waals surface area contributed by atoms with Crippen LogP contribution in [-0.2, 0) is 0 Å². The molecule has 1 aromatic carbocycles. The molecule has 82 valence electrons. The van der Waals surface area contributed by atoms with Crippen molar-refractivity contribution in [2.75, 3.05) is 0 Å². The van der Waals surface area contributed by atoms with Crippen LogP contribution in [0.15, 0.2) is 12.1 Å². The average Bonchev–Trinajstić information content (AvgIpc) is 1.99. The third-order valence-corrected chi connectivity index (χ3v) is 2.30. The molecule has 0 saturated carbocycles. The van der Waals surface area contributed by atoms with Gasteiger partial charge >= 0.3 is 0 Å². The van der Waals surface area contributed by atoms with Gasteiger partial charge in [0.1, 0.15) is 5.82 Å². The van der Waals surface area contributed by atoms with Gasteiger partial charge in [0.05, 0.1) is 5.56 Å². The summed E-state index contributed by atoms with van der Waals surface area (Å²) in [6, 6.07) is 3.26. The fourth-order valence-corrected chi connectivity index (χ4v) is 1.74. The number of hydrogen-bond donors (Lipinski definition) is 0. The van der Waals surface area contributed by atoms with E-state index in [-0.39, 0.29) is 17.3 Å². The molecule has 0 aliphatic heterocycles. The zero-order valence-corrected chi connectivity index (χ0v) is 9.73. The molecule has 0 aliphatic rings. The summed E-state index contributed by atoms with van der Waals surface area (Å²) in [5.74, 6) is -0.226. The third kappa shape index (κ3) is 2.88. The van der Waals surface area contributed by atoms with Gasteiger partial charge in [-0.1, -0.05) is 19.9 Å². The number of benzene rings is 1. The molecular formula is C13H17FO. The normalized spacial score (nSPS) is 10.8. The molecule has 0 fully saturated rings. The van der Waals surface area contributed by atoms with E-state index >= 15 is 0 Å². The maximum atomic E-state index is 13.6. The number of rotatable bonds is 3. The maximum absolute atomic E-state index is 13.6. The number of halogens is 1. The molecule has 0 heterocycles. The van der Waals surface area contributed by atoms with E-state index in [1.165, 1.54) is 6.07 Å². The third-order valence-electron chi connectivity index (χ3n) is 2.30. The summed E-state index contributed by atoms with van der Waals surface area (Å²) in [5.41, 5.74) is 1.85. The Bertz CT molecular complexity index is 357. The lowest BCUT2D eigenvalue weighted by molar-refractivity contribution is 0.0963. The molecule has 0 unspecified atom stereocenters. The first-order valence-corrected chi connectivity index (χ1v) is 5.21. The van der Waals surface area contributed by atoms with E-state index in [1.54, 1.807) is 6.92 Å². The van der Waals surface area contributed by atoms with Gasteiger partial charge < -0.3 is 0 Å². The summed E-state index contributed by atoms with van der Waals surface area (Å²) in [4.78, 5) is 11.8. The maximum Gasteiger partial charge on any atom is 0.166 e. The van der Waals surface area contributed by atoms with E-state index in [9.17, 15) is 9.18 Å². The summed E-state index contributed by atoms with van der Waals surface area (Å²) < 4.78 is 13.6. The highest BCUT2D eigenvalue weighted by Crippen LogP contribution is 2.19. The predicted molar refractivity (Wildman–Crippen MR) is 59.7 cm³/mol. The van der Waals surface area contributed by atoms with Crippen molar-refractivity contribution >= 4 is 5.78 Å². The van der Waals surface area contributed by atoms with Crippen molar-refractivity contribution in [2.45, 2.75) is 34.1 Å². The standard InChI is InChI=1S/C13H17FO/c1-8(2)5-12(15)13-10(4)6-9(3)7-11(13)14/h6-8H,5H2,1-4H3. The van der Waals surface area contributed by atoms with E-state index in [2.05, 4.69) is 0 Å². The number of carbonyl (C=O) groups is 1. The largest absolute Gasteiger partial charge is 0.294 e. The van der Waals surface area contributed by atoms with Gasteiger partial charge in [0.2, 0.25) is 0 Å². The van der Waals surface area contributed by atoms with E-state index < -0.39 is 5.82 Å². The van der Waals surface area contributed by atoms with Gasteiger partial charge in [-0.3, -0.25) is 4.79 Å². The number of hydrogen-bond acceptors (Lipinski definition) is 1. The van der Waals surface area contributed by atoms with Crippen LogP contribution < -0.4 is 0 Å². The van der Waals surface area contributed by atoms with Gasteiger partial charge in [0, 0.05) is 6.42 Å². The van der Waals surface area contributed by atoms with Crippen molar-refractivity contribution < 1.29 is 9.18 Å². The van der Waals surface area contributed by atoms with Gasteiger partial charge in [-0.25, -0.2) is 4.39 Å². The monoisotopic (exact) mass is 208 g/mol. The van der Waals surface area contributed by atoms with E-state index in [1.807, 2.05) is 26.8 Å². The summed E-state index contributed by atoms with van der Waals surface area (Å²) in [6.07, 6.45) is 0.404. The second kappa shape index (κ2) is 4.56. The first kappa shape index (κ1) is 11.9. The zero-order chi connectivity index (χ0) is 11.6. The average molecular weight is 208 g/mol. The van der Waals surface area contributed by atoms with Crippen LogP contribution in [0.25, 0.3) is 0 Å². The number of Topliss-reactive ketones (excluding diaryl/α,β-unsaturated/α-hetero) is 1. The van der Waals surface area contributed by atoms with Crippen molar-refractivity contribution in [3.8, 4) is 0 Å². The Morgan fingerprint density at radius 1 is 1.33 bits per heavy atom. The van der Waals surface area contributed by atoms with Crippen LogP contribution in [0.3, 0.4) is 0 Å². The minimum Gasteiger partial charge on any atom is -0.294 e. The molecule has 1 rings (SSSR count). The first-order valence-electron chi connectivity index (χ1n) is 5.21. The molecule has 0 bridgehead atoms. The van der Waals surface area contributed by atoms with Gasteiger partial charge in [0.25, 0.3) is 0 Å². The number of carbonyl (C=O) groups excluding carboxylic acids is 1. The lowest BCUT2D eigenvalue weighted by Gasteiger charge is -2.09. The van der Waals surface area contributed by atoms with E-state index in [0.717, 1.165) is 11.1 Å². The van der Waals surface area contributed by atoms with Crippen molar-refractivity contribution in [2.24, 2.45) is 5.92 Å². The molecule has 0 N–H and O–H groups in total. The summed E-state index contributed by atoms with van der Waals surface area (Å²) >= 11 is 0. The molecule has 2 heteroatoms. The highest BCUT2D eigenvalue weighted by Gasteiger charge is 2.16. The molecule has 0 aromatic heterocycles. The SMILES string of the molecule is Cc1cc(C)c(C(=O)CC(C)C)c(F)c1. The second-order valence-electron chi connectivity index (χ2n) is 4.46. The Morgan fingerprint density at radius 3 is 2.40 bits per heavy atom. The summed E-state index contributed by atoms with van der Waals surface area (Å²) in [5, 5.41) is 0. The quantitative estimate of drug-likeness (QED) is 0.693. The van der Waals surface area contributed by atoms with Gasteiger partial charge in [-0.2, -0.15) is 0 Å².